The molecular formula is C21H23N7O. The van der Waals surface area contributed by atoms with E-state index in [0.717, 1.165) is 60.1 Å². The van der Waals surface area contributed by atoms with E-state index in [1.165, 1.54) is 11.3 Å². The molecule has 0 amide bonds. The lowest BCUT2D eigenvalue weighted by molar-refractivity contribution is 0.419. The Morgan fingerprint density at radius 2 is 1.72 bits per heavy atom. The lowest BCUT2D eigenvalue weighted by Crippen LogP contribution is -2.47. The molecule has 3 aromatic heterocycles. The van der Waals surface area contributed by atoms with Crippen LogP contribution in [0.25, 0.3) is 16.6 Å². The number of hydrogen-bond donors (Lipinski definition) is 0. The number of para-hydroxylation sites is 1. The molecule has 1 saturated heterocycles. The standard InChI is InChI=1S/C21H23N7O/c1-14-13-22-20-16(5-4-6-17(20)29-3)21(14)27-11-9-26(10-12-27)19-8-7-18-24-23-15(2)28(18)25-19/h4-8,13H,9-12H2,1-3H3. The van der Waals surface area contributed by atoms with Crippen molar-refractivity contribution in [1.82, 2.24) is 24.8 Å². The molecule has 5 rings (SSSR count). The zero-order chi connectivity index (χ0) is 20.0. The summed E-state index contributed by atoms with van der Waals surface area (Å²) in [7, 11) is 1.69. The third-order valence-corrected chi connectivity index (χ3v) is 5.56. The highest BCUT2D eigenvalue weighted by molar-refractivity contribution is 5.96. The van der Waals surface area contributed by atoms with Gasteiger partial charge in [-0.25, -0.2) is 0 Å². The summed E-state index contributed by atoms with van der Waals surface area (Å²) < 4.78 is 7.31. The Morgan fingerprint density at radius 1 is 0.931 bits per heavy atom. The number of aromatic nitrogens is 5. The minimum Gasteiger partial charge on any atom is -0.494 e. The summed E-state index contributed by atoms with van der Waals surface area (Å²) in [5.41, 5.74) is 4.11. The van der Waals surface area contributed by atoms with E-state index in [2.05, 4.69) is 38.0 Å². The molecule has 0 bridgehead atoms. The maximum atomic E-state index is 5.51. The van der Waals surface area contributed by atoms with Crippen molar-refractivity contribution in [1.29, 1.82) is 0 Å². The number of aryl methyl sites for hydroxylation is 2. The van der Waals surface area contributed by atoms with E-state index in [4.69, 9.17) is 9.84 Å². The monoisotopic (exact) mass is 389 g/mol. The minimum absolute atomic E-state index is 0.776. The van der Waals surface area contributed by atoms with Crippen LogP contribution in [0, 0.1) is 13.8 Å². The fourth-order valence-electron chi connectivity index (χ4n) is 4.08. The van der Waals surface area contributed by atoms with Gasteiger partial charge < -0.3 is 14.5 Å². The second kappa shape index (κ2) is 6.88. The van der Waals surface area contributed by atoms with Crippen molar-refractivity contribution in [3.8, 4) is 5.75 Å². The molecule has 1 fully saturated rings. The zero-order valence-corrected chi connectivity index (χ0v) is 16.8. The summed E-state index contributed by atoms with van der Waals surface area (Å²) in [6.07, 6.45) is 1.94. The summed E-state index contributed by atoms with van der Waals surface area (Å²) in [5.74, 6) is 2.57. The molecule has 0 radical (unpaired) electrons. The van der Waals surface area contributed by atoms with Crippen LogP contribution in [-0.4, -0.2) is 58.1 Å². The molecule has 4 heterocycles. The number of methoxy groups -OCH3 is 1. The molecule has 148 valence electrons. The Bertz CT molecular complexity index is 1190. The first-order chi connectivity index (χ1) is 14.2. The van der Waals surface area contributed by atoms with Crippen molar-refractivity contribution in [3.63, 3.8) is 0 Å². The van der Waals surface area contributed by atoms with Gasteiger partial charge in [0.1, 0.15) is 17.1 Å². The number of hydrogen-bond acceptors (Lipinski definition) is 7. The van der Waals surface area contributed by atoms with Crippen LogP contribution in [0.4, 0.5) is 11.5 Å². The first-order valence-corrected chi connectivity index (χ1v) is 9.77. The fraction of sp³-hybridized carbons (Fsp3) is 0.333. The Kier molecular flexibility index (Phi) is 4.19. The highest BCUT2D eigenvalue weighted by atomic mass is 16.5. The van der Waals surface area contributed by atoms with Crippen LogP contribution in [0.3, 0.4) is 0 Å². The summed E-state index contributed by atoms with van der Waals surface area (Å²) in [6, 6.07) is 10.1. The van der Waals surface area contributed by atoms with E-state index in [0.29, 0.717) is 0 Å². The Hall–Kier alpha value is -3.42. The third-order valence-electron chi connectivity index (χ3n) is 5.56. The Morgan fingerprint density at radius 3 is 2.52 bits per heavy atom. The summed E-state index contributed by atoms with van der Waals surface area (Å²) in [6.45, 7) is 7.66. The van der Waals surface area contributed by atoms with Crippen LogP contribution in [0.1, 0.15) is 11.4 Å². The number of nitrogens with zero attached hydrogens (tertiary/aromatic N) is 7. The van der Waals surface area contributed by atoms with Crippen molar-refractivity contribution in [3.05, 3.63) is 47.9 Å². The van der Waals surface area contributed by atoms with Gasteiger partial charge in [0.25, 0.3) is 0 Å². The van der Waals surface area contributed by atoms with Gasteiger partial charge >= 0.3 is 0 Å². The van der Waals surface area contributed by atoms with Crippen LogP contribution >= 0.6 is 0 Å². The Labute approximate surface area is 168 Å². The summed E-state index contributed by atoms with van der Waals surface area (Å²) >= 11 is 0. The maximum Gasteiger partial charge on any atom is 0.178 e. The molecule has 0 unspecified atom stereocenters. The largest absolute Gasteiger partial charge is 0.494 e. The van der Waals surface area contributed by atoms with E-state index < -0.39 is 0 Å². The first-order valence-electron chi connectivity index (χ1n) is 9.77. The highest BCUT2D eigenvalue weighted by Crippen LogP contribution is 2.34. The van der Waals surface area contributed by atoms with E-state index in [9.17, 15) is 0 Å². The van der Waals surface area contributed by atoms with Crippen molar-refractivity contribution >= 4 is 28.1 Å². The topological polar surface area (TPSA) is 71.7 Å². The van der Waals surface area contributed by atoms with Crippen molar-refractivity contribution in [2.45, 2.75) is 13.8 Å². The lowest BCUT2D eigenvalue weighted by Gasteiger charge is -2.37. The molecule has 29 heavy (non-hydrogen) atoms. The molecule has 1 aromatic carbocycles. The quantitative estimate of drug-likeness (QED) is 0.533. The molecular weight excluding hydrogens is 366 g/mol. The van der Waals surface area contributed by atoms with Gasteiger partial charge in [0.2, 0.25) is 0 Å². The average molecular weight is 389 g/mol. The third kappa shape index (κ3) is 2.91. The number of fused-ring (bicyclic) bond motifs is 2. The van der Waals surface area contributed by atoms with Crippen molar-refractivity contribution in [2.75, 3.05) is 43.1 Å². The summed E-state index contributed by atoms with van der Waals surface area (Å²) in [5, 5.41) is 14.1. The van der Waals surface area contributed by atoms with Crippen LogP contribution in [-0.2, 0) is 0 Å². The maximum absolute atomic E-state index is 5.51. The van der Waals surface area contributed by atoms with Gasteiger partial charge in [0, 0.05) is 37.8 Å². The van der Waals surface area contributed by atoms with E-state index >= 15 is 0 Å². The molecule has 1 aliphatic heterocycles. The van der Waals surface area contributed by atoms with E-state index in [-0.39, 0.29) is 0 Å². The molecule has 0 N–H and O–H groups in total. The number of rotatable bonds is 3. The first kappa shape index (κ1) is 17.7. The molecule has 1 aliphatic rings. The van der Waals surface area contributed by atoms with Gasteiger partial charge in [0.15, 0.2) is 11.5 Å². The van der Waals surface area contributed by atoms with Gasteiger partial charge in [-0.2, -0.15) is 4.52 Å². The van der Waals surface area contributed by atoms with Gasteiger partial charge in [0.05, 0.1) is 12.8 Å². The zero-order valence-electron chi connectivity index (χ0n) is 16.8. The van der Waals surface area contributed by atoms with E-state index in [1.807, 2.05) is 37.4 Å². The second-order valence-electron chi connectivity index (χ2n) is 7.33. The molecule has 8 heteroatoms. The average Bonchev–Trinajstić information content (AvgIpc) is 3.13. The molecule has 8 nitrogen and oxygen atoms in total. The van der Waals surface area contributed by atoms with Crippen LogP contribution in [0.2, 0.25) is 0 Å². The molecule has 0 aliphatic carbocycles. The summed E-state index contributed by atoms with van der Waals surface area (Å²) in [4.78, 5) is 9.37. The number of ether oxygens (including phenoxy) is 1. The number of piperazine rings is 1. The van der Waals surface area contributed by atoms with Crippen molar-refractivity contribution in [2.24, 2.45) is 0 Å². The molecule has 0 spiro atoms. The lowest BCUT2D eigenvalue weighted by atomic mass is 10.1. The molecule has 0 saturated carbocycles. The van der Waals surface area contributed by atoms with Gasteiger partial charge in [-0.05, 0) is 37.6 Å². The normalized spacial score (nSPS) is 14.7. The second-order valence-corrected chi connectivity index (χ2v) is 7.33. The molecule has 4 aromatic rings. The fourth-order valence-corrected chi connectivity index (χ4v) is 4.08. The van der Waals surface area contributed by atoms with Gasteiger partial charge in [-0.1, -0.05) is 12.1 Å². The number of pyridine rings is 1. The van der Waals surface area contributed by atoms with Crippen LogP contribution in [0.15, 0.2) is 36.5 Å². The van der Waals surface area contributed by atoms with Gasteiger partial charge in [-0.3, -0.25) is 4.98 Å². The smallest absolute Gasteiger partial charge is 0.178 e. The predicted octanol–water partition coefficient (Wildman–Crippen LogP) is 2.62. The van der Waals surface area contributed by atoms with Gasteiger partial charge in [-0.15, -0.1) is 15.3 Å². The van der Waals surface area contributed by atoms with Crippen LogP contribution in [0.5, 0.6) is 5.75 Å². The van der Waals surface area contributed by atoms with Crippen LogP contribution < -0.4 is 14.5 Å². The number of anilines is 2. The Balaban J connectivity index is 1.43. The predicted molar refractivity (Wildman–Crippen MR) is 113 cm³/mol. The minimum atomic E-state index is 0.776. The SMILES string of the molecule is COc1cccc2c(N3CCN(c4ccc5nnc(C)n5n4)CC3)c(C)cnc12. The molecule has 0 atom stereocenters. The highest BCUT2D eigenvalue weighted by Gasteiger charge is 2.22. The van der Waals surface area contributed by atoms with E-state index in [1.54, 1.807) is 11.6 Å². The number of benzene rings is 1. The van der Waals surface area contributed by atoms with Crippen molar-refractivity contribution < 1.29 is 4.74 Å².